The third kappa shape index (κ3) is 9.72. The summed E-state index contributed by atoms with van der Waals surface area (Å²) in [5.74, 6) is -0.776. The van der Waals surface area contributed by atoms with Crippen LogP contribution in [-0.4, -0.2) is 36.3 Å². The molecule has 0 aliphatic rings. The first-order valence-electron chi connectivity index (χ1n) is 5.95. The fraction of sp³-hybridized carbons (Fsp3) is 0.900. The van der Waals surface area contributed by atoms with Crippen molar-refractivity contribution in [2.24, 2.45) is 0 Å². The third-order valence-corrected chi connectivity index (χ3v) is 11.3. The van der Waals surface area contributed by atoms with E-state index in [0.717, 1.165) is 0 Å². The molecule has 0 radical (unpaired) electrons. The van der Waals surface area contributed by atoms with Gasteiger partial charge in [0.2, 0.25) is 0 Å². The van der Waals surface area contributed by atoms with Crippen LogP contribution in [0.1, 0.15) is 6.42 Å². The van der Waals surface area contributed by atoms with Crippen LogP contribution >= 0.6 is 0 Å². The summed E-state index contributed by atoms with van der Waals surface area (Å²) in [5, 5.41) is 8.81. The Morgan fingerprint density at radius 1 is 0.941 bits per heavy atom. The van der Waals surface area contributed by atoms with E-state index in [1.807, 2.05) is 6.55 Å². The molecule has 0 aromatic carbocycles. The van der Waals surface area contributed by atoms with E-state index in [4.69, 9.17) is 13.3 Å². The summed E-state index contributed by atoms with van der Waals surface area (Å²) in [6.45, 7) is 14.7. The Bertz CT molecular complexity index is 252. The number of hydrogen-bond donors (Lipinski definition) is 1. The zero-order valence-electron chi connectivity index (χ0n) is 12.1. The van der Waals surface area contributed by atoms with Gasteiger partial charge in [-0.05, 0) is 51.9 Å². The van der Waals surface area contributed by atoms with Crippen LogP contribution in [0, 0.1) is 0 Å². The van der Waals surface area contributed by atoms with Crippen LogP contribution in [0.2, 0.25) is 51.9 Å². The molecule has 17 heavy (non-hydrogen) atoms. The van der Waals surface area contributed by atoms with Crippen LogP contribution in [0.25, 0.3) is 0 Å². The van der Waals surface area contributed by atoms with Crippen LogP contribution < -0.4 is 0 Å². The second-order valence-corrected chi connectivity index (χ2v) is 19.3. The predicted molar refractivity (Wildman–Crippen MR) is 77.5 cm³/mol. The van der Waals surface area contributed by atoms with E-state index in [1.54, 1.807) is 0 Å². The lowest BCUT2D eigenvalue weighted by Crippen LogP contribution is -2.52. The summed E-state index contributed by atoms with van der Waals surface area (Å²) >= 11 is 0. The summed E-state index contributed by atoms with van der Waals surface area (Å²) in [6, 6.07) is 0.539. The number of hydrogen-bond acceptors (Lipinski definition) is 3. The summed E-state index contributed by atoms with van der Waals surface area (Å²) in [5.41, 5.74) is 0. The maximum Gasteiger partial charge on any atom is 0.314 e. The van der Waals surface area contributed by atoms with Gasteiger partial charge in [0.05, 0.1) is 0 Å². The van der Waals surface area contributed by atoms with Crippen molar-refractivity contribution in [2.75, 3.05) is 0 Å². The number of aliphatic carboxylic acids is 1. The van der Waals surface area contributed by atoms with E-state index < -0.39 is 31.2 Å². The SMILES string of the molecule is C[Si](C)(C)O[Si](C)(CCC(=O)O)O[Si](C)(C)C. The van der Waals surface area contributed by atoms with Crippen LogP contribution in [0.3, 0.4) is 0 Å². The molecule has 0 aliphatic heterocycles. The highest BCUT2D eigenvalue weighted by Gasteiger charge is 2.40. The molecule has 0 aromatic rings. The Balaban J connectivity index is 4.74. The number of rotatable bonds is 7. The van der Waals surface area contributed by atoms with Crippen molar-refractivity contribution in [1.29, 1.82) is 0 Å². The highest BCUT2D eigenvalue weighted by atomic mass is 28.5. The number of carboxylic acid groups (broad SMARTS) is 1. The molecule has 7 heteroatoms. The van der Waals surface area contributed by atoms with E-state index in [2.05, 4.69) is 39.3 Å². The second kappa shape index (κ2) is 5.79. The Morgan fingerprint density at radius 2 is 1.29 bits per heavy atom. The lowest BCUT2D eigenvalue weighted by Gasteiger charge is -2.38. The fourth-order valence-electron chi connectivity index (χ4n) is 1.75. The van der Waals surface area contributed by atoms with E-state index in [9.17, 15) is 4.79 Å². The molecule has 0 aliphatic carbocycles. The van der Waals surface area contributed by atoms with Gasteiger partial charge in [-0.2, -0.15) is 0 Å². The predicted octanol–water partition coefficient (Wildman–Crippen LogP) is 3.24. The van der Waals surface area contributed by atoms with Crippen molar-refractivity contribution in [3.05, 3.63) is 0 Å². The Kier molecular flexibility index (Phi) is 5.80. The monoisotopic (exact) mass is 294 g/mol. The average molecular weight is 295 g/mol. The Morgan fingerprint density at radius 3 is 1.53 bits per heavy atom. The molecule has 0 fully saturated rings. The van der Waals surface area contributed by atoms with Crippen molar-refractivity contribution in [1.82, 2.24) is 0 Å². The molecule has 0 heterocycles. The number of carboxylic acids is 1. The van der Waals surface area contributed by atoms with Gasteiger partial charge in [0.15, 0.2) is 16.6 Å². The zero-order chi connectivity index (χ0) is 13.9. The first-order valence-corrected chi connectivity index (χ1v) is 15.3. The Hall–Kier alpha value is 0.0406. The third-order valence-electron chi connectivity index (χ3n) is 1.84. The Labute approximate surface area is 108 Å². The smallest absolute Gasteiger partial charge is 0.314 e. The molecule has 4 nitrogen and oxygen atoms in total. The van der Waals surface area contributed by atoms with Gasteiger partial charge in [-0.25, -0.2) is 0 Å². The molecule has 0 amide bonds. The molecule has 0 bridgehead atoms. The van der Waals surface area contributed by atoms with Crippen molar-refractivity contribution in [3.63, 3.8) is 0 Å². The summed E-state index contributed by atoms with van der Waals surface area (Å²) in [7, 11) is -5.74. The molecule has 0 atom stereocenters. The summed E-state index contributed by atoms with van der Waals surface area (Å²) < 4.78 is 12.4. The van der Waals surface area contributed by atoms with Crippen molar-refractivity contribution in [3.8, 4) is 0 Å². The van der Waals surface area contributed by atoms with Gasteiger partial charge in [-0.15, -0.1) is 0 Å². The van der Waals surface area contributed by atoms with Gasteiger partial charge in [0, 0.05) is 6.42 Å². The molecule has 0 unspecified atom stereocenters. The molecule has 102 valence electrons. The fourth-order valence-corrected chi connectivity index (χ4v) is 14.1. The van der Waals surface area contributed by atoms with E-state index in [0.29, 0.717) is 6.04 Å². The van der Waals surface area contributed by atoms with Crippen LogP contribution in [0.15, 0.2) is 0 Å². The molecule has 1 N–H and O–H groups in total. The maximum atomic E-state index is 10.7. The zero-order valence-corrected chi connectivity index (χ0v) is 15.1. The minimum absolute atomic E-state index is 0.137. The lowest BCUT2D eigenvalue weighted by atomic mass is 10.5. The van der Waals surface area contributed by atoms with Crippen LogP contribution in [0.5, 0.6) is 0 Å². The van der Waals surface area contributed by atoms with Crippen molar-refractivity contribution in [2.45, 2.75) is 58.3 Å². The van der Waals surface area contributed by atoms with E-state index in [1.165, 1.54) is 0 Å². The highest BCUT2D eigenvalue weighted by molar-refractivity contribution is 6.87. The van der Waals surface area contributed by atoms with Crippen molar-refractivity contribution < 1.29 is 18.1 Å². The largest absolute Gasteiger partial charge is 0.481 e. The summed E-state index contributed by atoms with van der Waals surface area (Å²) in [6.07, 6.45) is 0.137. The van der Waals surface area contributed by atoms with Crippen LogP contribution in [-0.2, 0) is 13.0 Å². The van der Waals surface area contributed by atoms with Gasteiger partial charge in [-0.3, -0.25) is 4.79 Å². The summed E-state index contributed by atoms with van der Waals surface area (Å²) in [4.78, 5) is 10.7. The van der Waals surface area contributed by atoms with E-state index in [-0.39, 0.29) is 6.42 Å². The second-order valence-electron chi connectivity index (χ2n) is 6.46. The van der Waals surface area contributed by atoms with Gasteiger partial charge in [0.25, 0.3) is 0 Å². The van der Waals surface area contributed by atoms with E-state index >= 15 is 0 Å². The van der Waals surface area contributed by atoms with Crippen LogP contribution in [0.4, 0.5) is 0 Å². The molecule has 0 aromatic heterocycles. The molecule has 0 saturated carbocycles. The average Bonchev–Trinajstić information content (AvgIpc) is 1.93. The molecular formula is C10H26O4Si3. The van der Waals surface area contributed by atoms with Crippen molar-refractivity contribution >= 4 is 31.2 Å². The first kappa shape index (κ1) is 17.0. The molecular weight excluding hydrogens is 268 g/mol. The number of carbonyl (C=O) groups is 1. The minimum Gasteiger partial charge on any atom is -0.481 e. The van der Waals surface area contributed by atoms with Gasteiger partial charge >= 0.3 is 14.5 Å². The normalized spacial score (nSPS) is 13.8. The van der Waals surface area contributed by atoms with Gasteiger partial charge in [0.1, 0.15) is 0 Å². The quantitative estimate of drug-likeness (QED) is 0.732. The lowest BCUT2D eigenvalue weighted by molar-refractivity contribution is -0.136. The molecule has 0 rings (SSSR count). The van der Waals surface area contributed by atoms with Gasteiger partial charge < -0.3 is 13.3 Å². The first-order chi connectivity index (χ1) is 7.33. The molecule has 0 spiro atoms. The minimum atomic E-state index is -2.34. The standard InChI is InChI=1S/C10H26O4Si3/c1-15(2,3)13-17(7,9-8-10(11)12)14-16(4,5)6/h8-9H2,1-7H3,(H,11,12). The highest BCUT2D eigenvalue weighted by Crippen LogP contribution is 2.25. The van der Waals surface area contributed by atoms with Gasteiger partial charge in [-0.1, -0.05) is 0 Å². The topological polar surface area (TPSA) is 55.8 Å². The molecule has 0 saturated heterocycles. The maximum absolute atomic E-state index is 10.7.